The summed E-state index contributed by atoms with van der Waals surface area (Å²) in [5, 5.41) is 8.63. The molecule has 0 radical (unpaired) electrons. The topological polar surface area (TPSA) is 57.6 Å². The lowest BCUT2D eigenvalue weighted by Crippen LogP contribution is -2.36. The predicted octanol–water partition coefficient (Wildman–Crippen LogP) is 1.46. The molecule has 1 atom stereocenters. The van der Waals surface area contributed by atoms with Crippen molar-refractivity contribution in [3.63, 3.8) is 0 Å². The number of hydrogen-bond donors (Lipinski definition) is 1. The lowest BCUT2D eigenvalue weighted by atomic mass is 10.1. The molecule has 0 bridgehead atoms. The van der Waals surface area contributed by atoms with Gasteiger partial charge in [0.1, 0.15) is 0 Å². The number of unbranched alkanes of at least 4 members (excludes halogenated alkanes) is 1. The van der Waals surface area contributed by atoms with Crippen molar-refractivity contribution in [3.8, 4) is 0 Å². The first-order chi connectivity index (χ1) is 7.47. The molecule has 0 aliphatic heterocycles. The molecule has 0 aliphatic carbocycles. The van der Waals surface area contributed by atoms with Gasteiger partial charge >= 0.3 is 0 Å². The van der Waals surface area contributed by atoms with Crippen LogP contribution < -0.4 is 0 Å². The molecule has 0 heterocycles. The molecule has 0 saturated heterocycles. The van der Waals surface area contributed by atoms with Crippen LogP contribution in [0.2, 0.25) is 0 Å². The molecule has 0 rings (SSSR count). The van der Waals surface area contributed by atoms with Gasteiger partial charge in [0, 0.05) is 19.7 Å². The molecule has 0 aromatic heterocycles. The molecular formula is C11H25NO3S. The summed E-state index contributed by atoms with van der Waals surface area (Å²) in [6.45, 7) is 7.20. The molecule has 0 amide bonds. The van der Waals surface area contributed by atoms with E-state index in [-0.39, 0.29) is 12.4 Å². The molecule has 0 aliphatic rings. The number of sulfonamides is 1. The normalized spacial score (nSPS) is 14.3. The minimum absolute atomic E-state index is 0.0625. The SMILES string of the molecule is CCC(C)CN(CC)S(=O)(=O)CCCCO. The first kappa shape index (κ1) is 15.9. The van der Waals surface area contributed by atoms with Crippen molar-refractivity contribution in [2.24, 2.45) is 5.92 Å². The van der Waals surface area contributed by atoms with Crippen LogP contribution in [0, 0.1) is 5.92 Å². The minimum Gasteiger partial charge on any atom is -0.396 e. The highest BCUT2D eigenvalue weighted by Gasteiger charge is 2.21. The van der Waals surface area contributed by atoms with Crippen molar-refractivity contribution < 1.29 is 13.5 Å². The zero-order valence-corrected chi connectivity index (χ0v) is 11.5. The van der Waals surface area contributed by atoms with Crippen molar-refractivity contribution >= 4 is 10.0 Å². The Morgan fingerprint density at radius 1 is 1.25 bits per heavy atom. The number of nitrogens with zero attached hydrogens (tertiary/aromatic N) is 1. The highest BCUT2D eigenvalue weighted by Crippen LogP contribution is 2.10. The number of aliphatic hydroxyl groups is 1. The first-order valence-corrected chi connectivity index (χ1v) is 7.67. The minimum atomic E-state index is -3.13. The second-order valence-corrected chi connectivity index (χ2v) is 6.30. The molecule has 1 N–H and O–H groups in total. The van der Waals surface area contributed by atoms with Crippen LogP contribution in [-0.2, 0) is 10.0 Å². The Morgan fingerprint density at radius 3 is 2.31 bits per heavy atom. The fourth-order valence-electron chi connectivity index (χ4n) is 1.44. The maximum absolute atomic E-state index is 11.9. The second-order valence-electron chi connectivity index (χ2n) is 4.21. The first-order valence-electron chi connectivity index (χ1n) is 6.06. The molecule has 0 spiro atoms. The van der Waals surface area contributed by atoms with Gasteiger partial charge in [-0.25, -0.2) is 12.7 Å². The Hall–Kier alpha value is -0.130. The van der Waals surface area contributed by atoms with Gasteiger partial charge in [0.2, 0.25) is 10.0 Å². The Morgan fingerprint density at radius 2 is 1.88 bits per heavy atom. The summed E-state index contributed by atoms with van der Waals surface area (Å²) < 4.78 is 25.4. The smallest absolute Gasteiger partial charge is 0.214 e. The molecule has 0 aromatic rings. The van der Waals surface area contributed by atoms with Crippen molar-refractivity contribution in [3.05, 3.63) is 0 Å². The van der Waals surface area contributed by atoms with E-state index in [2.05, 4.69) is 13.8 Å². The summed E-state index contributed by atoms with van der Waals surface area (Å²) in [5.74, 6) is 0.547. The van der Waals surface area contributed by atoms with Crippen molar-refractivity contribution in [1.82, 2.24) is 4.31 Å². The number of hydrogen-bond acceptors (Lipinski definition) is 3. The molecule has 0 fully saturated rings. The van der Waals surface area contributed by atoms with Gasteiger partial charge in [0.25, 0.3) is 0 Å². The fourth-order valence-corrected chi connectivity index (χ4v) is 3.14. The van der Waals surface area contributed by atoms with E-state index in [0.29, 0.717) is 31.8 Å². The van der Waals surface area contributed by atoms with Crippen LogP contribution in [-0.4, -0.2) is 43.3 Å². The van der Waals surface area contributed by atoms with E-state index in [0.717, 1.165) is 6.42 Å². The highest BCUT2D eigenvalue weighted by molar-refractivity contribution is 7.89. The van der Waals surface area contributed by atoms with E-state index in [9.17, 15) is 8.42 Å². The lowest BCUT2D eigenvalue weighted by Gasteiger charge is -2.23. The van der Waals surface area contributed by atoms with Crippen LogP contribution in [0.3, 0.4) is 0 Å². The average Bonchev–Trinajstić information content (AvgIpc) is 2.25. The summed E-state index contributed by atoms with van der Waals surface area (Å²) in [4.78, 5) is 0. The third kappa shape index (κ3) is 5.82. The van der Waals surface area contributed by atoms with E-state index in [1.54, 1.807) is 4.31 Å². The highest BCUT2D eigenvalue weighted by atomic mass is 32.2. The second kappa shape index (κ2) is 8.03. The van der Waals surface area contributed by atoms with Gasteiger partial charge in [-0.1, -0.05) is 27.2 Å². The average molecular weight is 251 g/mol. The van der Waals surface area contributed by atoms with Gasteiger partial charge in [0.05, 0.1) is 5.75 Å². The van der Waals surface area contributed by atoms with Gasteiger partial charge < -0.3 is 5.11 Å². The molecule has 5 heteroatoms. The standard InChI is InChI=1S/C11H25NO3S/c1-4-11(3)10-12(5-2)16(14,15)9-7-6-8-13/h11,13H,4-10H2,1-3H3. The van der Waals surface area contributed by atoms with Gasteiger partial charge in [-0.05, 0) is 18.8 Å². The van der Waals surface area contributed by atoms with Crippen LogP contribution in [0.5, 0.6) is 0 Å². The predicted molar refractivity (Wildman–Crippen MR) is 66.8 cm³/mol. The van der Waals surface area contributed by atoms with Gasteiger partial charge in [-0.3, -0.25) is 0 Å². The van der Waals surface area contributed by atoms with Gasteiger partial charge in [-0.2, -0.15) is 0 Å². The molecule has 1 unspecified atom stereocenters. The fraction of sp³-hybridized carbons (Fsp3) is 1.00. The van der Waals surface area contributed by atoms with E-state index in [1.165, 1.54) is 0 Å². The zero-order valence-electron chi connectivity index (χ0n) is 10.6. The third-order valence-corrected chi connectivity index (χ3v) is 4.77. The third-order valence-electron chi connectivity index (χ3n) is 2.77. The van der Waals surface area contributed by atoms with E-state index in [4.69, 9.17) is 5.11 Å². The molecule has 16 heavy (non-hydrogen) atoms. The monoisotopic (exact) mass is 251 g/mol. The number of rotatable bonds is 9. The molecule has 98 valence electrons. The molecule has 0 aromatic carbocycles. The van der Waals surface area contributed by atoms with Crippen LogP contribution in [0.4, 0.5) is 0 Å². The number of aliphatic hydroxyl groups excluding tert-OH is 1. The Kier molecular flexibility index (Phi) is 7.97. The van der Waals surface area contributed by atoms with Gasteiger partial charge in [0.15, 0.2) is 0 Å². The maximum Gasteiger partial charge on any atom is 0.214 e. The molecule has 4 nitrogen and oxygen atoms in total. The van der Waals surface area contributed by atoms with Crippen molar-refractivity contribution in [2.45, 2.75) is 40.0 Å². The summed E-state index contributed by atoms with van der Waals surface area (Å²) in [5.41, 5.74) is 0. The van der Waals surface area contributed by atoms with Crippen LogP contribution in [0.1, 0.15) is 40.0 Å². The summed E-state index contributed by atoms with van der Waals surface area (Å²) in [7, 11) is -3.13. The van der Waals surface area contributed by atoms with E-state index < -0.39 is 10.0 Å². The Labute approximate surface area is 99.7 Å². The summed E-state index contributed by atoms with van der Waals surface area (Å²) >= 11 is 0. The Balaban J connectivity index is 4.31. The zero-order chi connectivity index (χ0) is 12.6. The van der Waals surface area contributed by atoms with Crippen LogP contribution in [0.15, 0.2) is 0 Å². The molecule has 0 saturated carbocycles. The lowest BCUT2D eigenvalue weighted by molar-refractivity contribution is 0.286. The van der Waals surface area contributed by atoms with Crippen molar-refractivity contribution in [2.75, 3.05) is 25.4 Å². The Bertz CT molecular complexity index is 264. The van der Waals surface area contributed by atoms with E-state index >= 15 is 0 Å². The summed E-state index contributed by atoms with van der Waals surface area (Å²) in [6.07, 6.45) is 2.08. The van der Waals surface area contributed by atoms with Crippen LogP contribution in [0.25, 0.3) is 0 Å². The molecular weight excluding hydrogens is 226 g/mol. The van der Waals surface area contributed by atoms with Crippen molar-refractivity contribution in [1.29, 1.82) is 0 Å². The van der Waals surface area contributed by atoms with Crippen LogP contribution >= 0.6 is 0 Å². The van der Waals surface area contributed by atoms with Gasteiger partial charge in [-0.15, -0.1) is 0 Å². The van der Waals surface area contributed by atoms with E-state index in [1.807, 2.05) is 6.92 Å². The largest absolute Gasteiger partial charge is 0.396 e. The quantitative estimate of drug-likeness (QED) is 0.631. The maximum atomic E-state index is 11.9. The summed E-state index contributed by atoms with van der Waals surface area (Å²) in [6, 6.07) is 0.